The van der Waals surface area contributed by atoms with Gasteiger partial charge in [0.05, 0.1) is 6.42 Å². The minimum absolute atomic E-state index is 0.116. The molecule has 0 atom stereocenters. The third kappa shape index (κ3) is 3.56. The first-order valence-corrected chi connectivity index (χ1v) is 5.81. The highest BCUT2D eigenvalue weighted by molar-refractivity contribution is 6.30. The maximum Gasteiger partial charge on any atom is 0.228 e. The van der Waals surface area contributed by atoms with Gasteiger partial charge in [-0.15, -0.1) is 0 Å². The fraction of sp³-hybridized carbons (Fsp3) is 0.250. The van der Waals surface area contributed by atoms with E-state index < -0.39 is 0 Å². The van der Waals surface area contributed by atoms with Crippen molar-refractivity contribution < 1.29 is 9.32 Å². The molecule has 0 fully saturated rings. The average molecular weight is 266 g/mol. The monoisotopic (exact) mass is 265 g/mol. The number of carbonyl (C=O) groups excluding carboxylic acids is 1. The fourth-order valence-electron chi connectivity index (χ4n) is 1.42. The zero-order chi connectivity index (χ0) is 13.0. The van der Waals surface area contributed by atoms with Crippen LogP contribution in [0.3, 0.4) is 0 Å². The van der Waals surface area contributed by atoms with Gasteiger partial charge in [0, 0.05) is 18.5 Å². The molecule has 2 aromatic rings. The van der Waals surface area contributed by atoms with Crippen molar-refractivity contribution in [2.75, 3.05) is 0 Å². The number of halogens is 1. The summed E-state index contributed by atoms with van der Waals surface area (Å²) < 4.78 is 4.79. The Kier molecular flexibility index (Phi) is 3.94. The first-order valence-electron chi connectivity index (χ1n) is 5.44. The lowest BCUT2D eigenvalue weighted by atomic mass is 10.2. The quantitative estimate of drug-likeness (QED) is 0.917. The molecule has 0 radical (unpaired) electrons. The minimum atomic E-state index is -0.147. The summed E-state index contributed by atoms with van der Waals surface area (Å²) in [7, 11) is 0. The van der Waals surface area contributed by atoms with E-state index in [4.69, 9.17) is 16.1 Å². The van der Waals surface area contributed by atoms with E-state index in [1.54, 1.807) is 19.1 Å². The summed E-state index contributed by atoms with van der Waals surface area (Å²) in [6, 6.07) is 7.29. The maximum atomic E-state index is 11.6. The van der Waals surface area contributed by atoms with E-state index in [1.807, 2.05) is 12.1 Å². The first-order chi connectivity index (χ1) is 8.63. The zero-order valence-electron chi connectivity index (χ0n) is 9.81. The fourth-order valence-corrected chi connectivity index (χ4v) is 1.55. The lowest BCUT2D eigenvalue weighted by Gasteiger charge is -2.03. The summed E-state index contributed by atoms with van der Waals surface area (Å²) in [5.74, 6) is 0.697. The summed E-state index contributed by atoms with van der Waals surface area (Å²) in [5, 5.41) is 7.10. The Hall–Kier alpha value is -1.88. The van der Waals surface area contributed by atoms with Crippen molar-refractivity contribution in [3.8, 4) is 0 Å². The van der Waals surface area contributed by atoms with Crippen LogP contribution in [0.25, 0.3) is 0 Å². The van der Waals surface area contributed by atoms with Gasteiger partial charge in [-0.05, 0) is 17.7 Å². The van der Waals surface area contributed by atoms with Gasteiger partial charge in [-0.3, -0.25) is 4.79 Å². The zero-order valence-corrected chi connectivity index (χ0v) is 10.6. The van der Waals surface area contributed by atoms with E-state index in [9.17, 15) is 4.79 Å². The molecule has 0 aliphatic carbocycles. The summed E-state index contributed by atoms with van der Waals surface area (Å²) >= 11 is 5.77. The van der Waals surface area contributed by atoms with Crippen LogP contribution < -0.4 is 5.32 Å². The molecule has 1 amide bonds. The first kappa shape index (κ1) is 12.6. The lowest BCUT2D eigenvalue weighted by molar-refractivity contribution is -0.120. The van der Waals surface area contributed by atoms with Crippen LogP contribution in [0.15, 0.2) is 28.8 Å². The number of benzene rings is 1. The van der Waals surface area contributed by atoms with Crippen LogP contribution in [0, 0.1) is 6.92 Å². The molecule has 0 aliphatic rings. The van der Waals surface area contributed by atoms with Gasteiger partial charge < -0.3 is 9.84 Å². The molecule has 18 heavy (non-hydrogen) atoms. The van der Waals surface area contributed by atoms with E-state index >= 15 is 0 Å². The van der Waals surface area contributed by atoms with Gasteiger partial charge in [0.1, 0.15) is 0 Å². The minimum Gasteiger partial charge on any atom is -0.352 e. The average Bonchev–Trinajstić information content (AvgIpc) is 2.74. The third-order valence-corrected chi connectivity index (χ3v) is 2.54. The van der Waals surface area contributed by atoms with Gasteiger partial charge in [0.25, 0.3) is 0 Å². The number of hydrogen-bond donors (Lipinski definition) is 1. The molecule has 1 N–H and O–H groups in total. The van der Waals surface area contributed by atoms with Crippen LogP contribution in [0.5, 0.6) is 0 Å². The largest absolute Gasteiger partial charge is 0.352 e. The predicted octanol–water partition coefficient (Wildman–Crippen LogP) is 1.89. The number of hydrogen-bond acceptors (Lipinski definition) is 4. The van der Waals surface area contributed by atoms with Crippen LogP contribution in [0.1, 0.15) is 17.3 Å². The lowest BCUT2D eigenvalue weighted by Crippen LogP contribution is -2.24. The van der Waals surface area contributed by atoms with Crippen molar-refractivity contribution in [2.24, 2.45) is 0 Å². The van der Waals surface area contributed by atoms with Crippen molar-refractivity contribution in [3.05, 3.63) is 46.6 Å². The van der Waals surface area contributed by atoms with E-state index in [2.05, 4.69) is 15.5 Å². The number of nitrogens with zero attached hydrogens (tertiary/aromatic N) is 2. The summed E-state index contributed by atoms with van der Waals surface area (Å²) in [5.41, 5.74) is 0.983. The highest BCUT2D eigenvalue weighted by atomic mass is 35.5. The van der Waals surface area contributed by atoms with Gasteiger partial charge in [0.15, 0.2) is 5.82 Å². The SMILES string of the molecule is Cc1nc(CC(=O)NCc2ccc(Cl)cc2)no1. The van der Waals surface area contributed by atoms with Gasteiger partial charge in [-0.25, -0.2) is 0 Å². The van der Waals surface area contributed by atoms with Gasteiger partial charge in [0.2, 0.25) is 11.8 Å². The molecular formula is C12H12ClN3O2. The Morgan fingerprint density at radius 3 is 2.72 bits per heavy atom. The van der Waals surface area contributed by atoms with Crippen LogP contribution >= 0.6 is 11.6 Å². The number of rotatable bonds is 4. The smallest absolute Gasteiger partial charge is 0.228 e. The molecule has 5 nitrogen and oxygen atoms in total. The predicted molar refractivity (Wildman–Crippen MR) is 66.0 cm³/mol. The maximum absolute atomic E-state index is 11.6. The molecule has 1 aromatic heterocycles. The Morgan fingerprint density at radius 2 is 2.11 bits per heavy atom. The van der Waals surface area contributed by atoms with Crippen molar-refractivity contribution in [2.45, 2.75) is 19.9 Å². The molecule has 0 saturated carbocycles. The summed E-state index contributed by atoms with van der Waals surface area (Å²) in [4.78, 5) is 15.6. The van der Waals surface area contributed by atoms with Crippen molar-refractivity contribution >= 4 is 17.5 Å². The number of nitrogens with one attached hydrogen (secondary N) is 1. The van der Waals surface area contributed by atoms with Crippen molar-refractivity contribution in [3.63, 3.8) is 0 Å². The summed E-state index contributed by atoms with van der Waals surface area (Å²) in [6.07, 6.45) is 0.116. The van der Waals surface area contributed by atoms with Crippen LogP contribution in [-0.4, -0.2) is 16.0 Å². The Morgan fingerprint density at radius 1 is 1.39 bits per heavy atom. The molecule has 6 heteroatoms. The second kappa shape index (κ2) is 5.64. The van der Waals surface area contributed by atoms with E-state index in [0.29, 0.717) is 23.3 Å². The van der Waals surface area contributed by atoms with E-state index in [1.165, 1.54) is 0 Å². The molecule has 0 aliphatic heterocycles. The topological polar surface area (TPSA) is 68.0 Å². The number of amides is 1. The molecule has 0 unspecified atom stereocenters. The highest BCUT2D eigenvalue weighted by Crippen LogP contribution is 2.09. The van der Waals surface area contributed by atoms with E-state index in [-0.39, 0.29) is 12.3 Å². The van der Waals surface area contributed by atoms with Gasteiger partial charge in [-0.2, -0.15) is 4.98 Å². The van der Waals surface area contributed by atoms with Crippen molar-refractivity contribution in [1.29, 1.82) is 0 Å². The van der Waals surface area contributed by atoms with Crippen LogP contribution in [0.2, 0.25) is 5.02 Å². The molecule has 1 heterocycles. The summed E-state index contributed by atoms with van der Waals surface area (Å²) in [6.45, 7) is 2.13. The molecule has 0 spiro atoms. The highest BCUT2D eigenvalue weighted by Gasteiger charge is 2.08. The van der Waals surface area contributed by atoms with Crippen LogP contribution in [-0.2, 0) is 17.8 Å². The standard InChI is InChI=1S/C12H12ClN3O2/c1-8-15-11(16-18-8)6-12(17)14-7-9-2-4-10(13)5-3-9/h2-5H,6-7H2,1H3,(H,14,17). The third-order valence-electron chi connectivity index (χ3n) is 2.29. The molecule has 1 aromatic carbocycles. The normalized spacial score (nSPS) is 10.3. The number of aryl methyl sites for hydroxylation is 1. The Labute approximate surface area is 109 Å². The second-order valence-corrected chi connectivity index (χ2v) is 4.25. The number of aromatic nitrogens is 2. The molecule has 94 valence electrons. The Bertz CT molecular complexity index is 537. The van der Waals surface area contributed by atoms with E-state index in [0.717, 1.165) is 5.56 Å². The molecule has 0 bridgehead atoms. The number of carbonyl (C=O) groups is 1. The van der Waals surface area contributed by atoms with Gasteiger partial charge in [-0.1, -0.05) is 28.9 Å². The van der Waals surface area contributed by atoms with Crippen LogP contribution in [0.4, 0.5) is 0 Å². The molecular weight excluding hydrogens is 254 g/mol. The Balaban J connectivity index is 1.83. The second-order valence-electron chi connectivity index (χ2n) is 3.81. The van der Waals surface area contributed by atoms with Crippen molar-refractivity contribution in [1.82, 2.24) is 15.5 Å². The molecule has 2 rings (SSSR count). The van der Waals surface area contributed by atoms with Gasteiger partial charge >= 0.3 is 0 Å². The molecule has 0 saturated heterocycles.